The van der Waals surface area contributed by atoms with Gasteiger partial charge in [-0.2, -0.15) is 0 Å². The molecule has 55 heavy (non-hydrogen) atoms. The number of thiazole rings is 1. The first-order chi connectivity index (χ1) is 27.2. The van der Waals surface area contributed by atoms with Crippen LogP contribution in [0, 0.1) is 0 Å². The SMILES string of the molecule is c1ccc(-c2nc3cc4c(oc5ccccc54)c(-c4ccc(N(c5ccccc5)c5ccc(-c6ccc7ccc8ccccc8c7c6)cc5)cc4)c3s2)cc1. The first kappa shape index (κ1) is 31.5. The number of nitrogens with zero attached hydrogens (tertiary/aromatic N) is 2. The Morgan fingerprint density at radius 3 is 1.76 bits per heavy atom. The van der Waals surface area contributed by atoms with E-state index in [-0.39, 0.29) is 0 Å². The lowest BCUT2D eigenvalue weighted by molar-refractivity contribution is 0.670. The molecule has 11 rings (SSSR count). The third-order valence-corrected chi connectivity index (χ3v) is 11.8. The van der Waals surface area contributed by atoms with Gasteiger partial charge in [0, 0.05) is 39.0 Å². The summed E-state index contributed by atoms with van der Waals surface area (Å²) in [5.41, 5.74) is 11.7. The van der Waals surface area contributed by atoms with E-state index in [2.05, 4.69) is 181 Å². The summed E-state index contributed by atoms with van der Waals surface area (Å²) in [7, 11) is 0. The Bertz CT molecular complexity index is 3180. The Labute approximate surface area is 322 Å². The van der Waals surface area contributed by atoms with E-state index >= 15 is 0 Å². The highest BCUT2D eigenvalue weighted by molar-refractivity contribution is 7.22. The minimum atomic E-state index is 0.882. The molecule has 4 heteroatoms. The second kappa shape index (κ2) is 12.8. The average molecular weight is 721 g/mol. The maximum absolute atomic E-state index is 6.64. The van der Waals surface area contributed by atoms with Crippen LogP contribution in [0.1, 0.15) is 0 Å². The highest BCUT2D eigenvalue weighted by atomic mass is 32.1. The first-order valence-electron chi connectivity index (χ1n) is 18.5. The van der Waals surface area contributed by atoms with Crippen molar-refractivity contribution < 1.29 is 4.42 Å². The molecule has 0 saturated carbocycles. The molecule has 0 bridgehead atoms. The van der Waals surface area contributed by atoms with Crippen LogP contribution in [0.5, 0.6) is 0 Å². The van der Waals surface area contributed by atoms with Crippen molar-refractivity contribution in [3.05, 3.63) is 194 Å². The van der Waals surface area contributed by atoms with Crippen LogP contribution < -0.4 is 4.90 Å². The van der Waals surface area contributed by atoms with Gasteiger partial charge in [0.15, 0.2) is 0 Å². The summed E-state index contributed by atoms with van der Waals surface area (Å²) in [6, 6.07) is 69.1. The van der Waals surface area contributed by atoms with E-state index in [1.165, 1.54) is 32.7 Å². The Hall–Kier alpha value is -7.01. The van der Waals surface area contributed by atoms with Crippen molar-refractivity contribution in [3.8, 4) is 32.8 Å². The van der Waals surface area contributed by atoms with Crippen molar-refractivity contribution in [2.24, 2.45) is 0 Å². The molecular formula is C51H32N2OS. The Kier molecular flexibility index (Phi) is 7.35. The minimum absolute atomic E-state index is 0.882. The summed E-state index contributed by atoms with van der Waals surface area (Å²) >= 11 is 1.72. The van der Waals surface area contributed by atoms with Gasteiger partial charge < -0.3 is 9.32 Å². The summed E-state index contributed by atoms with van der Waals surface area (Å²) in [4.78, 5) is 7.47. The van der Waals surface area contributed by atoms with Crippen molar-refractivity contribution in [1.29, 1.82) is 0 Å². The molecule has 3 nitrogen and oxygen atoms in total. The molecule has 0 N–H and O–H groups in total. The van der Waals surface area contributed by atoms with E-state index in [9.17, 15) is 0 Å². The number of rotatable bonds is 6. The molecule has 0 aliphatic carbocycles. The normalized spacial score (nSPS) is 11.6. The standard InChI is InChI=1S/C51H32N2OS/c1-3-12-37(13-4-1)51-52-46-32-45-43-17-9-10-18-47(43)54-49(45)48(50(46)55-51)36-25-29-41(30-26-36)53(39-14-5-2-6-15-39)40-27-23-33(24-28-40)38-22-21-35-20-19-34-11-7-8-16-42(34)44(35)31-38/h1-32H. The smallest absolute Gasteiger partial charge is 0.144 e. The lowest BCUT2D eigenvalue weighted by atomic mass is 9.97. The van der Waals surface area contributed by atoms with Crippen molar-refractivity contribution in [3.63, 3.8) is 0 Å². The average Bonchev–Trinajstić information content (AvgIpc) is 3.85. The summed E-state index contributed by atoms with van der Waals surface area (Å²) < 4.78 is 7.76. The zero-order valence-corrected chi connectivity index (χ0v) is 30.5. The van der Waals surface area contributed by atoms with Gasteiger partial charge in [-0.1, -0.05) is 140 Å². The summed E-state index contributed by atoms with van der Waals surface area (Å²) in [5, 5.41) is 8.25. The number of furan rings is 1. The van der Waals surface area contributed by atoms with Gasteiger partial charge in [0.1, 0.15) is 16.2 Å². The van der Waals surface area contributed by atoms with Crippen molar-refractivity contribution in [1.82, 2.24) is 4.98 Å². The molecule has 0 spiro atoms. The fraction of sp³-hybridized carbons (Fsp3) is 0. The zero-order valence-electron chi connectivity index (χ0n) is 29.7. The predicted octanol–water partition coefficient (Wildman–Crippen LogP) is 15.0. The van der Waals surface area contributed by atoms with Gasteiger partial charge >= 0.3 is 0 Å². The summed E-state index contributed by atoms with van der Waals surface area (Å²) in [6.45, 7) is 0. The van der Waals surface area contributed by atoms with Crippen LogP contribution in [0.25, 0.3) is 86.5 Å². The number of hydrogen-bond acceptors (Lipinski definition) is 4. The van der Waals surface area contributed by atoms with Crippen molar-refractivity contribution in [2.45, 2.75) is 0 Å². The first-order valence-corrected chi connectivity index (χ1v) is 19.3. The molecule has 0 atom stereocenters. The minimum Gasteiger partial charge on any atom is -0.455 e. The van der Waals surface area contributed by atoms with Crippen LogP contribution in [0.2, 0.25) is 0 Å². The van der Waals surface area contributed by atoms with Crippen molar-refractivity contribution in [2.75, 3.05) is 4.90 Å². The van der Waals surface area contributed by atoms with E-state index in [0.717, 1.165) is 70.9 Å². The molecule has 258 valence electrons. The predicted molar refractivity (Wildman–Crippen MR) is 233 cm³/mol. The molecule has 0 aliphatic heterocycles. The van der Waals surface area contributed by atoms with Gasteiger partial charge in [0.25, 0.3) is 0 Å². The number of para-hydroxylation sites is 2. The highest BCUT2D eigenvalue weighted by Gasteiger charge is 2.21. The largest absolute Gasteiger partial charge is 0.455 e. The lowest BCUT2D eigenvalue weighted by Gasteiger charge is -2.26. The maximum atomic E-state index is 6.64. The number of fused-ring (bicyclic) bond motifs is 7. The highest BCUT2D eigenvalue weighted by Crippen LogP contribution is 2.46. The van der Waals surface area contributed by atoms with E-state index in [0.29, 0.717) is 0 Å². The number of aromatic nitrogens is 1. The van der Waals surface area contributed by atoms with Gasteiger partial charge in [0.2, 0.25) is 0 Å². The van der Waals surface area contributed by atoms with E-state index in [4.69, 9.17) is 9.40 Å². The van der Waals surface area contributed by atoms with Crippen LogP contribution in [-0.4, -0.2) is 4.98 Å². The summed E-state index contributed by atoms with van der Waals surface area (Å²) in [5.74, 6) is 0. The maximum Gasteiger partial charge on any atom is 0.144 e. The number of anilines is 3. The number of benzene rings is 9. The van der Waals surface area contributed by atoms with Crippen LogP contribution in [-0.2, 0) is 0 Å². The lowest BCUT2D eigenvalue weighted by Crippen LogP contribution is -2.09. The van der Waals surface area contributed by atoms with Crippen LogP contribution in [0.3, 0.4) is 0 Å². The third kappa shape index (κ3) is 5.38. The quantitative estimate of drug-likeness (QED) is 0.160. The molecule has 0 amide bonds. The van der Waals surface area contributed by atoms with Gasteiger partial charge in [-0.25, -0.2) is 4.98 Å². The molecule has 2 aromatic heterocycles. The zero-order chi connectivity index (χ0) is 36.3. The molecule has 0 unspecified atom stereocenters. The van der Waals surface area contributed by atoms with E-state index in [1.807, 2.05) is 18.2 Å². The van der Waals surface area contributed by atoms with E-state index in [1.54, 1.807) is 11.3 Å². The van der Waals surface area contributed by atoms with Gasteiger partial charge in [0.05, 0.1) is 10.2 Å². The number of hydrogen-bond donors (Lipinski definition) is 0. The monoisotopic (exact) mass is 720 g/mol. The van der Waals surface area contributed by atoms with Crippen LogP contribution >= 0.6 is 11.3 Å². The molecule has 0 aliphatic rings. The second-order valence-electron chi connectivity index (χ2n) is 13.9. The van der Waals surface area contributed by atoms with Crippen LogP contribution in [0.15, 0.2) is 199 Å². The molecule has 0 fully saturated rings. The van der Waals surface area contributed by atoms with Crippen LogP contribution in [0.4, 0.5) is 17.1 Å². The van der Waals surface area contributed by atoms with Gasteiger partial charge in [-0.05, 0) is 92.8 Å². The molecular weight excluding hydrogens is 689 g/mol. The summed E-state index contributed by atoms with van der Waals surface area (Å²) in [6.07, 6.45) is 0. The van der Waals surface area contributed by atoms with E-state index < -0.39 is 0 Å². The Balaban J connectivity index is 1.01. The molecule has 9 aromatic carbocycles. The van der Waals surface area contributed by atoms with Gasteiger partial charge in [-0.3, -0.25) is 0 Å². The van der Waals surface area contributed by atoms with Gasteiger partial charge in [-0.15, -0.1) is 11.3 Å². The fourth-order valence-corrected chi connectivity index (χ4v) is 9.11. The molecule has 2 heterocycles. The fourth-order valence-electron chi connectivity index (χ4n) is 8.00. The Morgan fingerprint density at radius 2 is 1.00 bits per heavy atom. The molecule has 0 radical (unpaired) electrons. The second-order valence-corrected chi connectivity index (χ2v) is 14.9. The topological polar surface area (TPSA) is 29.3 Å². The Morgan fingerprint density at radius 1 is 0.418 bits per heavy atom. The molecule has 11 aromatic rings. The van der Waals surface area contributed by atoms with Crippen molar-refractivity contribution >= 4 is 82.1 Å². The third-order valence-electron chi connectivity index (χ3n) is 10.7. The molecule has 0 saturated heterocycles.